The largest absolute Gasteiger partial charge is 0.369 e. The first-order valence-corrected chi connectivity index (χ1v) is 7.83. The molecule has 3 rings (SSSR count). The van der Waals surface area contributed by atoms with Crippen molar-refractivity contribution < 1.29 is 9.53 Å². The number of benzene rings is 1. The molecule has 126 valence electrons. The van der Waals surface area contributed by atoms with Crippen LogP contribution >= 0.6 is 0 Å². The second kappa shape index (κ2) is 6.94. The number of hydrogen-bond donors (Lipinski definition) is 2. The number of hydrogen-bond acceptors (Lipinski definition) is 6. The van der Waals surface area contributed by atoms with Crippen molar-refractivity contribution in [3.8, 4) is 11.1 Å². The van der Waals surface area contributed by atoms with E-state index in [9.17, 15) is 4.79 Å². The van der Waals surface area contributed by atoms with E-state index in [1.807, 2.05) is 25.1 Å². The number of nitrogens with zero attached hydrogens (tertiary/aromatic N) is 3. The second-order valence-electron chi connectivity index (χ2n) is 5.87. The molecule has 0 unspecified atom stereocenters. The Kier molecular flexibility index (Phi) is 4.73. The molecule has 0 spiro atoms. The number of rotatable bonds is 4. The summed E-state index contributed by atoms with van der Waals surface area (Å²) < 4.78 is 5.88. The minimum atomic E-state index is -0.459. The van der Waals surface area contributed by atoms with Gasteiger partial charge in [-0.2, -0.15) is 0 Å². The Morgan fingerprint density at radius 2 is 2.25 bits per heavy atom. The van der Waals surface area contributed by atoms with Crippen molar-refractivity contribution in [1.29, 1.82) is 0 Å². The average Bonchev–Trinajstić information content (AvgIpc) is 2.62. The summed E-state index contributed by atoms with van der Waals surface area (Å²) in [6, 6.07) is 7.18. The second-order valence-corrected chi connectivity index (χ2v) is 5.87. The number of nitrogens with two attached hydrogens (primary N) is 1. The third-order valence-corrected chi connectivity index (χ3v) is 3.90. The van der Waals surface area contributed by atoms with Crippen LogP contribution in [-0.2, 0) is 4.74 Å². The van der Waals surface area contributed by atoms with Crippen LogP contribution in [0, 0.1) is 0 Å². The van der Waals surface area contributed by atoms with Gasteiger partial charge in [-0.1, -0.05) is 12.1 Å². The highest BCUT2D eigenvalue weighted by Gasteiger charge is 2.23. The van der Waals surface area contributed by atoms with Crippen LogP contribution in [0.4, 0.5) is 5.95 Å². The van der Waals surface area contributed by atoms with Gasteiger partial charge in [0.25, 0.3) is 0 Å². The van der Waals surface area contributed by atoms with Gasteiger partial charge in [-0.15, -0.1) is 0 Å². The molecule has 1 aromatic heterocycles. The molecule has 7 heteroatoms. The molecule has 3 N–H and O–H groups in total. The first kappa shape index (κ1) is 16.4. The lowest BCUT2D eigenvalue weighted by Gasteiger charge is -2.26. The van der Waals surface area contributed by atoms with Gasteiger partial charge >= 0.3 is 0 Å². The van der Waals surface area contributed by atoms with Crippen LogP contribution in [0.2, 0.25) is 0 Å². The van der Waals surface area contributed by atoms with E-state index in [0.29, 0.717) is 24.7 Å². The number of carbonyl (C=O) groups is 1. The Balaban J connectivity index is 2.08. The summed E-state index contributed by atoms with van der Waals surface area (Å²) in [5, 5.41) is 3.32. The van der Waals surface area contributed by atoms with E-state index in [-0.39, 0.29) is 6.10 Å². The maximum Gasteiger partial charge on any atom is 0.248 e. The maximum atomic E-state index is 11.5. The van der Waals surface area contributed by atoms with Crippen LogP contribution in [0.3, 0.4) is 0 Å². The number of anilines is 1. The Bertz CT molecular complexity index is 742. The smallest absolute Gasteiger partial charge is 0.248 e. The quantitative estimate of drug-likeness (QED) is 0.869. The molecule has 0 aliphatic carbocycles. The van der Waals surface area contributed by atoms with Crippen molar-refractivity contribution in [3.05, 3.63) is 41.7 Å². The normalized spacial score (nSPS) is 17.5. The maximum absolute atomic E-state index is 11.5. The van der Waals surface area contributed by atoms with Crippen molar-refractivity contribution in [2.24, 2.45) is 5.73 Å². The molecule has 1 saturated heterocycles. The molecule has 1 aliphatic rings. The summed E-state index contributed by atoms with van der Waals surface area (Å²) in [6.07, 6.45) is 1.61. The predicted molar refractivity (Wildman–Crippen MR) is 91.9 cm³/mol. The standard InChI is InChI=1S/C17H21N5O2/c1-22(2)17-20-9-13(11-4-3-5-12(8-11)16(18)23)15(21-17)14-10-19-6-7-24-14/h3-5,8-9,14,19H,6-7,10H2,1-2H3,(H2,18,23)/t14-/m1/s1. The van der Waals surface area contributed by atoms with Crippen molar-refractivity contribution in [1.82, 2.24) is 15.3 Å². The molecule has 2 heterocycles. The van der Waals surface area contributed by atoms with Gasteiger partial charge < -0.3 is 20.7 Å². The predicted octanol–water partition coefficient (Wildman–Crippen LogP) is 0.969. The first-order chi connectivity index (χ1) is 11.6. The van der Waals surface area contributed by atoms with Crippen molar-refractivity contribution >= 4 is 11.9 Å². The Labute approximate surface area is 140 Å². The molecule has 1 amide bonds. The van der Waals surface area contributed by atoms with E-state index in [1.54, 1.807) is 24.4 Å². The van der Waals surface area contributed by atoms with Gasteiger partial charge in [0.2, 0.25) is 11.9 Å². The van der Waals surface area contributed by atoms with Crippen LogP contribution in [-0.4, -0.2) is 49.7 Å². The number of aromatic nitrogens is 2. The fourth-order valence-electron chi connectivity index (χ4n) is 2.65. The zero-order chi connectivity index (χ0) is 17.1. The summed E-state index contributed by atoms with van der Waals surface area (Å²) in [5.74, 6) is 0.161. The van der Waals surface area contributed by atoms with Gasteiger partial charge in [0, 0.05) is 44.5 Å². The molecule has 24 heavy (non-hydrogen) atoms. The molecule has 1 atom stereocenters. The van der Waals surface area contributed by atoms with Crippen molar-refractivity contribution in [3.63, 3.8) is 0 Å². The van der Waals surface area contributed by atoms with Crippen LogP contribution < -0.4 is 16.0 Å². The molecule has 1 aliphatic heterocycles. The lowest BCUT2D eigenvalue weighted by molar-refractivity contribution is 0.0254. The van der Waals surface area contributed by atoms with Gasteiger partial charge in [-0.3, -0.25) is 4.79 Å². The van der Waals surface area contributed by atoms with Crippen molar-refractivity contribution in [2.45, 2.75) is 6.10 Å². The molecular weight excluding hydrogens is 306 g/mol. The van der Waals surface area contributed by atoms with Crippen LogP contribution in [0.1, 0.15) is 22.2 Å². The average molecular weight is 327 g/mol. The first-order valence-electron chi connectivity index (χ1n) is 7.83. The number of nitrogens with one attached hydrogen (secondary N) is 1. The molecule has 7 nitrogen and oxygen atoms in total. The van der Waals surface area contributed by atoms with Crippen molar-refractivity contribution in [2.75, 3.05) is 38.7 Å². The van der Waals surface area contributed by atoms with E-state index in [4.69, 9.17) is 10.5 Å². The lowest BCUT2D eigenvalue weighted by atomic mass is 10.00. The molecule has 0 bridgehead atoms. The topological polar surface area (TPSA) is 93.4 Å². The van der Waals surface area contributed by atoms with Gasteiger partial charge in [0.05, 0.1) is 12.3 Å². The van der Waals surface area contributed by atoms with E-state index in [2.05, 4.69) is 15.3 Å². The van der Waals surface area contributed by atoms with E-state index >= 15 is 0 Å². The minimum absolute atomic E-state index is 0.160. The zero-order valence-electron chi connectivity index (χ0n) is 13.8. The van der Waals surface area contributed by atoms with E-state index < -0.39 is 5.91 Å². The third kappa shape index (κ3) is 3.37. The SMILES string of the molecule is CN(C)c1ncc(-c2cccc(C(N)=O)c2)c([C@H]2CNCCO2)n1. The molecule has 1 aromatic carbocycles. The molecule has 0 radical (unpaired) electrons. The molecule has 2 aromatic rings. The van der Waals surface area contributed by atoms with Gasteiger partial charge in [0.1, 0.15) is 6.10 Å². The molecule has 1 fully saturated rings. The number of morpholine rings is 1. The highest BCUT2D eigenvalue weighted by Crippen LogP contribution is 2.30. The third-order valence-electron chi connectivity index (χ3n) is 3.90. The lowest BCUT2D eigenvalue weighted by Crippen LogP contribution is -2.34. The minimum Gasteiger partial charge on any atom is -0.369 e. The Hall–Kier alpha value is -2.51. The fourth-order valence-corrected chi connectivity index (χ4v) is 2.65. The monoisotopic (exact) mass is 327 g/mol. The molecular formula is C17H21N5O2. The van der Waals surface area contributed by atoms with Gasteiger partial charge in [-0.25, -0.2) is 9.97 Å². The van der Waals surface area contributed by atoms with E-state index in [1.165, 1.54) is 0 Å². The number of amides is 1. The number of primary amides is 1. The van der Waals surface area contributed by atoms with Crippen LogP contribution in [0.15, 0.2) is 30.5 Å². The summed E-state index contributed by atoms with van der Waals surface area (Å²) in [7, 11) is 3.79. The summed E-state index contributed by atoms with van der Waals surface area (Å²) in [4.78, 5) is 22.4. The fraction of sp³-hybridized carbons (Fsp3) is 0.353. The van der Waals surface area contributed by atoms with Gasteiger partial charge in [-0.05, 0) is 17.7 Å². The zero-order valence-corrected chi connectivity index (χ0v) is 13.8. The highest BCUT2D eigenvalue weighted by atomic mass is 16.5. The highest BCUT2D eigenvalue weighted by molar-refractivity contribution is 5.94. The summed E-state index contributed by atoms with van der Waals surface area (Å²) in [5.41, 5.74) is 8.35. The van der Waals surface area contributed by atoms with Crippen LogP contribution in [0.25, 0.3) is 11.1 Å². The molecule has 0 saturated carbocycles. The summed E-state index contributed by atoms with van der Waals surface area (Å²) in [6.45, 7) is 2.15. The van der Waals surface area contributed by atoms with Crippen LogP contribution in [0.5, 0.6) is 0 Å². The van der Waals surface area contributed by atoms with E-state index in [0.717, 1.165) is 23.4 Å². The van der Waals surface area contributed by atoms with Gasteiger partial charge in [0.15, 0.2) is 0 Å². The Morgan fingerprint density at radius 1 is 1.42 bits per heavy atom. The number of carbonyl (C=O) groups excluding carboxylic acids is 1. The summed E-state index contributed by atoms with van der Waals surface area (Å²) >= 11 is 0. The number of ether oxygens (including phenoxy) is 1. The Morgan fingerprint density at radius 3 is 2.92 bits per heavy atom.